The summed E-state index contributed by atoms with van der Waals surface area (Å²) < 4.78 is 37.7. The summed E-state index contributed by atoms with van der Waals surface area (Å²) in [6, 6.07) is 3.28. The van der Waals surface area contributed by atoms with Gasteiger partial charge in [0.2, 0.25) is 0 Å². The van der Waals surface area contributed by atoms with Crippen molar-refractivity contribution in [3.8, 4) is 0 Å². The zero-order chi connectivity index (χ0) is 15.6. The number of pyridine rings is 2. The minimum absolute atomic E-state index is 0.0287. The van der Waals surface area contributed by atoms with Crippen molar-refractivity contribution in [2.75, 3.05) is 5.32 Å². The number of halogens is 5. The number of carbonyl (C=O) groups is 1. The molecule has 9 heteroatoms. The van der Waals surface area contributed by atoms with Gasteiger partial charge in [-0.3, -0.25) is 9.78 Å². The van der Waals surface area contributed by atoms with Gasteiger partial charge < -0.3 is 5.32 Å². The number of hydrogen-bond donors (Lipinski definition) is 1. The van der Waals surface area contributed by atoms with Crippen LogP contribution in [0.25, 0.3) is 0 Å². The van der Waals surface area contributed by atoms with Crippen molar-refractivity contribution in [3.05, 3.63) is 51.5 Å². The van der Waals surface area contributed by atoms with Gasteiger partial charge in [-0.2, -0.15) is 13.2 Å². The zero-order valence-corrected chi connectivity index (χ0v) is 12.4. The lowest BCUT2D eigenvalue weighted by atomic mass is 10.2. The first-order chi connectivity index (χ1) is 9.77. The average molecular weight is 381 g/mol. The second-order valence-electron chi connectivity index (χ2n) is 3.88. The Balaban J connectivity index is 2.19. The van der Waals surface area contributed by atoms with Crippen molar-refractivity contribution in [1.82, 2.24) is 9.97 Å². The number of aromatic nitrogens is 2. The Hall–Kier alpha value is -1.67. The Morgan fingerprint density at radius 2 is 1.95 bits per heavy atom. The molecule has 0 aliphatic carbocycles. The van der Waals surface area contributed by atoms with Crippen LogP contribution in [0.3, 0.4) is 0 Å². The van der Waals surface area contributed by atoms with Crippen LogP contribution >= 0.6 is 27.5 Å². The van der Waals surface area contributed by atoms with Crippen molar-refractivity contribution in [3.63, 3.8) is 0 Å². The van der Waals surface area contributed by atoms with Gasteiger partial charge in [0.05, 0.1) is 11.3 Å². The molecule has 21 heavy (non-hydrogen) atoms. The Morgan fingerprint density at radius 3 is 2.52 bits per heavy atom. The third-order valence-corrected chi connectivity index (χ3v) is 3.10. The van der Waals surface area contributed by atoms with Crippen LogP contribution < -0.4 is 5.32 Å². The zero-order valence-electron chi connectivity index (χ0n) is 10.1. The lowest BCUT2D eigenvalue weighted by molar-refractivity contribution is -0.141. The molecule has 0 saturated heterocycles. The number of amides is 1. The number of alkyl halides is 3. The van der Waals surface area contributed by atoms with Crippen LogP contribution in [-0.2, 0) is 6.18 Å². The van der Waals surface area contributed by atoms with Gasteiger partial charge >= 0.3 is 6.18 Å². The number of hydrogen-bond acceptors (Lipinski definition) is 3. The monoisotopic (exact) mass is 379 g/mol. The third kappa shape index (κ3) is 3.92. The Morgan fingerprint density at radius 1 is 1.24 bits per heavy atom. The quantitative estimate of drug-likeness (QED) is 0.796. The maximum atomic E-state index is 12.4. The van der Waals surface area contributed by atoms with Crippen molar-refractivity contribution in [2.24, 2.45) is 0 Å². The Kier molecular flexibility index (Phi) is 4.48. The Bertz CT molecular complexity index is 676. The van der Waals surface area contributed by atoms with Gasteiger partial charge in [0.1, 0.15) is 5.69 Å². The van der Waals surface area contributed by atoms with E-state index in [1.807, 2.05) is 0 Å². The maximum Gasteiger partial charge on any atom is 0.433 e. The van der Waals surface area contributed by atoms with Crippen LogP contribution in [0.2, 0.25) is 5.15 Å². The molecule has 0 aliphatic rings. The molecule has 0 saturated carbocycles. The molecule has 0 radical (unpaired) electrons. The van der Waals surface area contributed by atoms with E-state index in [4.69, 9.17) is 11.6 Å². The standard InChI is InChI=1S/C12H6BrClF3N3O/c13-7-3-8(10(14)19-5-7)20-11(21)6-1-2-9(18-4-6)12(15,16)17/h1-5H,(H,20,21). The molecule has 0 unspecified atom stereocenters. The largest absolute Gasteiger partial charge is 0.433 e. The summed E-state index contributed by atoms with van der Waals surface area (Å²) in [6.45, 7) is 0. The molecule has 0 aromatic carbocycles. The first-order valence-electron chi connectivity index (χ1n) is 5.43. The predicted octanol–water partition coefficient (Wildman–Crippen LogP) is 4.16. The van der Waals surface area contributed by atoms with E-state index in [0.29, 0.717) is 4.47 Å². The van der Waals surface area contributed by atoms with Gasteiger partial charge in [-0.25, -0.2) is 4.98 Å². The topological polar surface area (TPSA) is 54.9 Å². The van der Waals surface area contributed by atoms with Gasteiger partial charge in [0.25, 0.3) is 5.91 Å². The molecule has 2 aromatic rings. The highest BCUT2D eigenvalue weighted by Crippen LogP contribution is 2.27. The molecule has 0 atom stereocenters. The maximum absolute atomic E-state index is 12.4. The number of nitrogens with one attached hydrogen (secondary N) is 1. The van der Waals surface area contributed by atoms with E-state index in [9.17, 15) is 18.0 Å². The molecule has 0 aliphatic heterocycles. The van der Waals surface area contributed by atoms with E-state index in [1.165, 1.54) is 12.3 Å². The van der Waals surface area contributed by atoms with Crippen LogP contribution in [0.4, 0.5) is 18.9 Å². The molecule has 0 fully saturated rings. The molecule has 1 amide bonds. The first-order valence-corrected chi connectivity index (χ1v) is 6.60. The fourth-order valence-electron chi connectivity index (χ4n) is 1.40. The van der Waals surface area contributed by atoms with Crippen LogP contribution in [0.5, 0.6) is 0 Å². The van der Waals surface area contributed by atoms with Crippen LogP contribution in [-0.4, -0.2) is 15.9 Å². The third-order valence-electron chi connectivity index (χ3n) is 2.37. The lowest BCUT2D eigenvalue weighted by Crippen LogP contribution is -2.14. The second-order valence-corrected chi connectivity index (χ2v) is 5.15. The molecule has 0 bridgehead atoms. The Labute approximate surface area is 130 Å². The number of nitrogens with zero attached hydrogens (tertiary/aromatic N) is 2. The van der Waals surface area contributed by atoms with Crippen molar-refractivity contribution in [1.29, 1.82) is 0 Å². The van der Waals surface area contributed by atoms with Gasteiger partial charge in [-0.05, 0) is 34.1 Å². The highest BCUT2D eigenvalue weighted by atomic mass is 79.9. The van der Waals surface area contributed by atoms with Gasteiger partial charge in [0.15, 0.2) is 5.15 Å². The summed E-state index contributed by atoms with van der Waals surface area (Å²) in [5.74, 6) is -0.641. The fraction of sp³-hybridized carbons (Fsp3) is 0.0833. The number of rotatable bonds is 2. The SMILES string of the molecule is O=C(Nc1cc(Br)cnc1Cl)c1ccc(C(F)(F)F)nc1. The highest BCUT2D eigenvalue weighted by molar-refractivity contribution is 9.10. The van der Waals surface area contributed by atoms with Crippen molar-refractivity contribution in [2.45, 2.75) is 6.18 Å². The molecule has 4 nitrogen and oxygen atoms in total. The van der Waals surface area contributed by atoms with E-state index >= 15 is 0 Å². The fourth-order valence-corrected chi connectivity index (χ4v) is 1.88. The normalized spacial score (nSPS) is 11.3. The summed E-state index contributed by atoms with van der Waals surface area (Å²) in [4.78, 5) is 18.9. The summed E-state index contributed by atoms with van der Waals surface area (Å²) in [5.41, 5.74) is -0.865. The van der Waals surface area contributed by atoms with Crippen LogP contribution in [0, 0.1) is 0 Å². The lowest BCUT2D eigenvalue weighted by Gasteiger charge is -2.08. The summed E-state index contributed by atoms with van der Waals surface area (Å²) in [5, 5.41) is 2.50. The molecule has 2 heterocycles. The second kappa shape index (κ2) is 5.98. The van der Waals surface area contributed by atoms with Crippen LogP contribution in [0.1, 0.15) is 16.1 Å². The van der Waals surface area contributed by atoms with E-state index in [2.05, 4.69) is 31.2 Å². The molecule has 110 valence electrons. The van der Waals surface area contributed by atoms with Crippen molar-refractivity contribution >= 4 is 39.1 Å². The predicted molar refractivity (Wildman–Crippen MR) is 74.1 cm³/mol. The van der Waals surface area contributed by atoms with Crippen LogP contribution in [0.15, 0.2) is 35.1 Å². The average Bonchev–Trinajstić information content (AvgIpc) is 2.42. The number of anilines is 1. The highest BCUT2D eigenvalue weighted by Gasteiger charge is 2.32. The molecule has 2 aromatic heterocycles. The minimum atomic E-state index is -4.55. The summed E-state index contributed by atoms with van der Waals surface area (Å²) in [6.07, 6.45) is -2.26. The van der Waals surface area contributed by atoms with E-state index < -0.39 is 17.8 Å². The van der Waals surface area contributed by atoms with E-state index in [-0.39, 0.29) is 16.4 Å². The molecular formula is C12H6BrClF3N3O. The smallest absolute Gasteiger partial charge is 0.319 e. The van der Waals surface area contributed by atoms with Gasteiger partial charge in [-0.15, -0.1) is 0 Å². The summed E-state index contributed by atoms with van der Waals surface area (Å²) >= 11 is 8.97. The van der Waals surface area contributed by atoms with Gasteiger partial charge in [0, 0.05) is 16.9 Å². The number of carbonyl (C=O) groups excluding carboxylic acids is 1. The molecule has 0 spiro atoms. The van der Waals surface area contributed by atoms with E-state index in [1.54, 1.807) is 0 Å². The molecule has 1 N–H and O–H groups in total. The first kappa shape index (κ1) is 15.7. The summed E-state index contributed by atoms with van der Waals surface area (Å²) in [7, 11) is 0. The van der Waals surface area contributed by atoms with Crippen molar-refractivity contribution < 1.29 is 18.0 Å². The minimum Gasteiger partial charge on any atom is -0.319 e. The van der Waals surface area contributed by atoms with Gasteiger partial charge in [-0.1, -0.05) is 11.6 Å². The molecular weight excluding hydrogens is 375 g/mol. The molecule has 2 rings (SSSR count). The van der Waals surface area contributed by atoms with E-state index in [0.717, 1.165) is 18.3 Å².